The number of halogens is 2. The Morgan fingerprint density at radius 3 is 2.69 bits per heavy atom. The molecule has 0 atom stereocenters. The summed E-state index contributed by atoms with van der Waals surface area (Å²) in [6.07, 6.45) is 3.22. The fraction of sp³-hybridized carbons (Fsp3) is 0.400. The first-order valence-corrected chi connectivity index (χ1v) is 5.49. The first kappa shape index (κ1) is 9.50. The van der Waals surface area contributed by atoms with Crippen LogP contribution >= 0.6 is 27.5 Å². The van der Waals surface area contributed by atoms with Gasteiger partial charge in [-0.3, -0.25) is 0 Å². The van der Waals surface area contributed by atoms with E-state index in [0.717, 1.165) is 28.8 Å². The van der Waals surface area contributed by atoms with Gasteiger partial charge in [-0.05, 0) is 52.9 Å². The van der Waals surface area contributed by atoms with Crippen LogP contribution in [0.15, 0.2) is 22.7 Å². The van der Waals surface area contributed by atoms with Crippen LogP contribution in [0.25, 0.3) is 0 Å². The first-order valence-electron chi connectivity index (χ1n) is 4.32. The Morgan fingerprint density at radius 2 is 2.15 bits per heavy atom. The molecule has 0 aliphatic heterocycles. The van der Waals surface area contributed by atoms with E-state index in [0.29, 0.717) is 0 Å². The Hall–Kier alpha value is -0.0500. The average molecular weight is 261 g/mol. The molecule has 0 amide bonds. The van der Waals surface area contributed by atoms with Gasteiger partial charge >= 0.3 is 0 Å². The minimum Gasteiger partial charge on any atom is -0.325 e. The lowest BCUT2D eigenvalue weighted by molar-refractivity contribution is 0.672. The second-order valence-electron chi connectivity index (χ2n) is 3.79. The van der Waals surface area contributed by atoms with E-state index in [1.807, 2.05) is 12.1 Å². The number of nitrogens with two attached hydrogens (primary N) is 1. The summed E-state index contributed by atoms with van der Waals surface area (Å²) in [7, 11) is 0. The van der Waals surface area contributed by atoms with E-state index in [4.69, 9.17) is 17.3 Å². The molecule has 1 nitrogen and oxygen atoms in total. The van der Waals surface area contributed by atoms with Gasteiger partial charge in [0.05, 0.1) is 5.02 Å². The molecule has 0 aromatic heterocycles. The minimum atomic E-state index is 0.0666. The molecular formula is C10H11BrClN. The van der Waals surface area contributed by atoms with Crippen molar-refractivity contribution in [2.75, 3.05) is 0 Å². The van der Waals surface area contributed by atoms with Crippen LogP contribution in [0.2, 0.25) is 5.02 Å². The summed E-state index contributed by atoms with van der Waals surface area (Å²) < 4.78 is 0.944. The molecule has 0 spiro atoms. The van der Waals surface area contributed by atoms with Crippen molar-refractivity contribution in [3.8, 4) is 0 Å². The van der Waals surface area contributed by atoms with E-state index >= 15 is 0 Å². The molecular weight excluding hydrogens is 249 g/mol. The molecule has 13 heavy (non-hydrogen) atoms. The quantitative estimate of drug-likeness (QED) is 0.869. The van der Waals surface area contributed by atoms with Gasteiger partial charge in [-0.1, -0.05) is 17.7 Å². The highest BCUT2D eigenvalue weighted by Crippen LogP contribution is 2.36. The Bertz CT molecular complexity index is 334. The molecule has 2 rings (SSSR count). The normalized spacial score (nSPS) is 18.7. The van der Waals surface area contributed by atoms with Crippen LogP contribution in [-0.2, 0) is 6.42 Å². The standard InChI is InChI=1S/C10H11BrClN/c11-8-2-1-7(5-9(8)12)6-10(13)3-4-10/h1-2,5H,3-4,6,13H2. The third-order valence-corrected chi connectivity index (χ3v) is 3.66. The van der Waals surface area contributed by atoms with E-state index in [9.17, 15) is 0 Å². The van der Waals surface area contributed by atoms with Crippen molar-refractivity contribution in [2.45, 2.75) is 24.8 Å². The molecule has 0 heterocycles. The first-order chi connectivity index (χ1) is 6.09. The van der Waals surface area contributed by atoms with Crippen molar-refractivity contribution >= 4 is 27.5 Å². The van der Waals surface area contributed by atoms with E-state index in [2.05, 4.69) is 22.0 Å². The van der Waals surface area contributed by atoms with Crippen molar-refractivity contribution in [1.82, 2.24) is 0 Å². The highest BCUT2D eigenvalue weighted by Gasteiger charge is 2.37. The Balaban J connectivity index is 2.17. The third kappa shape index (κ3) is 2.25. The monoisotopic (exact) mass is 259 g/mol. The van der Waals surface area contributed by atoms with Crippen molar-refractivity contribution in [3.05, 3.63) is 33.3 Å². The van der Waals surface area contributed by atoms with Gasteiger partial charge in [0.25, 0.3) is 0 Å². The molecule has 2 N–H and O–H groups in total. The summed E-state index contributed by atoms with van der Waals surface area (Å²) in [6.45, 7) is 0. The van der Waals surface area contributed by atoms with Crippen molar-refractivity contribution in [1.29, 1.82) is 0 Å². The fourth-order valence-electron chi connectivity index (χ4n) is 1.39. The van der Waals surface area contributed by atoms with Gasteiger partial charge < -0.3 is 5.73 Å². The maximum Gasteiger partial charge on any atom is 0.0550 e. The van der Waals surface area contributed by atoms with Crippen LogP contribution in [0.3, 0.4) is 0 Å². The lowest BCUT2D eigenvalue weighted by Crippen LogP contribution is -2.24. The fourth-order valence-corrected chi connectivity index (χ4v) is 1.84. The van der Waals surface area contributed by atoms with E-state index < -0.39 is 0 Å². The number of rotatable bonds is 2. The van der Waals surface area contributed by atoms with Crippen molar-refractivity contribution in [3.63, 3.8) is 0 Å². The molecule has 1 saturated carbocycles. The largest absolute Gasteiger partial charge is 0.325 e. The Morgan fingerprint density at radius 1 is 1.46 bits per heavy atom. The molecule has 1 aliphatic rings. The smallest absolute Gasteiger partial charge is 0.0550 e. The van der Waals surface area contributed by atoms with Crippen molar-refractivity contribution in [2.24, 2.45) is 5.73 Å². The van der Waals surface area contributed by atoms with Crippen LogP contribution in [-0.4, -0.2) is 5.54 Å². The summed E-state index contributed by atoms with van der Waals surface area (Å²) >= 11 is 9.34. The maximum absolute atomic E-state index is 6.01. The second kappa shape index (κ2) is 3.26. The van der Waals surface area contributed by atoms with Crippen LogP contribution in [0.1, 0.15) is 18.4 Å². The van der Waals surface area contributed by atoms with Crippen molar-refractivity contribution < 1.29 is 0 Å². The second-order valence-corrected chi connectivity index (χ2v) is 5.05. The molecule has 1 aliphatic carbocycles. The maximum atomic E-state index is 6.01. The lowest BCUT2D eigenvalue weighted by atomic mass is 10.1. The minimum absolute atomic E-state index is 0.0666. The summed E-state index contributed by atoms with van der Waals surface area (Å²) in [5.41, 5.74) is 7.31. The highest BCUT2D eigenvalue weighted by atomic mass is 79.9. The molecule has 0 saturated heterocycles. The molecule has 0 radical (unpaired) electrons. The molecule has 0 unspecified atom stereocenters. The summed E-state index contributed by atoms with van der Waals surface area (Å²) in [6, 6.07) is 6.03. The van der Waals surface area contributed by atoms with E-state index in [1.54, 1.807) is 0 Å². The zero-order chi connectivity index (χ0) is 9.47. The number of hydrogen-bond acceptors (Lipinski definition) is 1. The summed E-state index contributed by atoms with van der Waals surface area (Å²) in [4.78, 5) is 0. The predicted molar refractivity (Wildman–Crippen MR) is 59.0 cm³/mol. The molecule has 1 aromatic carbocycles. The predicted octanol–water partition coefficient (Wildman–Crippen LogP) is 3.14. The van der Waals surface area contributed by atoms with Gasteiger partial charge in [-0.2, -0.15) is 0 Å². The van der Waals surface area contributed by atoms with Crippen LogP contribution in [0.4, 0.5) is 0 Å². The summed E-state index contributed by atoms with van der Waals surface area (Å²) in [5.74, 6) is 0. The Kier molecular flexibility index (Phi) is 2.39. The van der Waals surface area contributed by atoms with Crippen LogP contribution < -0.4 is 5.73 Å². The van der Waals surface area contributed by atoms with Gasteiger partial charge in [0, 0.05) is 10.0 Å². The van der Waals surface area contributed by atoms with Crippen LogP contribution in [0, 0.1) is 0 Å². The van der Waals surface area contributed by atoms with Crippen LogP contribution in [0.5, 0.6) is 0 Å². The van der Waals surface area contributed by atoms with Gasteiger partial charge in [-0.15, -0.1) is 0 Å². The molecule has 70 valence electrons. The lowest BCUT2D eigenvalue weighted by Gasteiger charge is -2.08. The van der Waals surface area contributed by atoms with E-state index in [-0.39, 0.29) is 5.54 Å². The van der Waals surface area contributed by atoms with Gasteiger partial charge in [0.1, 0.15) is 0 Å². The SMILES string of the molecule is NC1(Cc2ccc(Br)c(Cl)c2)CC1. The summed E-state index contributed by atoms with van der Waals surface area (Å²) in [5, 5.41) is 0.766. The van der Waals surface area contributed by atoms with Gasteiger partial charge in [0.2, 0.25) is 0 Å². The number of hydrogen-bond donors (Lipinski definition) is 1. The molecule has 3 heteroatoms. The average Bonchev–Trinajstić information content (AvgIpc) is 2.76. The zero-order valence-electron chi connectivity index (χ0n) is 7.19. The van der Waals surface area contributed by atoms with E-state index in [1.165, 1.54) is 5.56 Å². The number of benzene rings is 1. The van der Waals surface area contributed by atoms with Gasteiger partial charge in [0.15, 0.2) is 0 Å². The Labute approximate surface area is 91.4 Å². The third-order valence-electron chi connectivity index (χ3n) is 2.43. The molecule has 1 aromatic rings. The molecule has 1 fully saturated rings. The van der Waals surface area contributed by atoms with Gasteiger partial charge in [-0.25, -0.2) is 0 Å². The topological polar surface area (TPSA) is 26.0 Å². The zero-order valence-corrected chi connectivity index (χ0v) is 9.53. The molecule has 0 bridgehead atoms. The highest BCUT2D eigenvalue weighted by molar-refractivity contribution is 9.10.